The van der Waals surface area contributed by atoms with Crippen LogP contribution in [-0.2, 0) is 20.6 Å². The van der Waals surface area contributed by atoms with Crippen molar-refractivity contribution in [1.29, 1.82) is 0 Å². The number of hydrogen-bond acceptors (Lipinski definition) is 5. The van der Waals surface area contributed by atoms with Crippen molar-refractivity contribution in [3.05, 3.63) is 59.7 Å². The van der Waals surface area contributed by atoms with E-state index in [0.717, 1.165) is 24.3 Å². The molecule has 0 spiro atoms. The molecule has 2 aromatic rings. The normalized spacial score (nSPS) is 15.8. The number of benzene rings is 2. The fourth-order valence-corrected chi connectivity index (χ4v) is 2.27. The number of epoxide rings is 1. The average Bonchev–Trinajstić information content (AvgIpc) is 3.44. The Hall–Kier alpha value is -2.37. The van der Waals surface area contributed by atoms with E-state index >= 15 is 0 Å². The maximum atomic E-state index is 11.5. The monoisotopic (exact) mass is 328 g/mol. The molecule has 24 heavy (non-hydrogen) atoms. The third-order valence-corrected chi connectivity index (χ3v) is 3.70. The van der Waals surface area contributed by atoms with Crippen molar-refractivity contribution in [3.63, 3.8) is 0 Å². The van der Waals surface area contributed by atoms with E-state index in [1.165, 1.54) is 7.11 Å². The molecule has 2 aromatic carbocycles. The maximum Gasteiger partial charge on any atom is 0.337 e. The highest BCUT2D eigenvalue weighted by atomic mass is 16.6. The summed E-state index contributed by atoms with van der Waals surface area (Å²) in [6, 6.07) is 14.7. The van der Waals surface area contributed by atoms with Gasteiger partial charge in [0.2, 0.25) is 0 Å². The molecular weight excluding hydrogens is 308 g/mol. The molecular formula is C19H20O5. The molecule has 1 atom stereocenters. The Labute approximate surface area is 141 Å². The van der Waals surface area contributed by atoms with Crippen LogP contribution in [-0.4, -0.2) is 39.0 Å². The quantitative estimate of drug-likeness (QED) is 0.423. The summed E-state index contributed by atoms with van der Waals surface area (Å²) in [5.74, 6) is 1.09. The summed E-state index contributed by atoms with van der Waals surface area (Å²) in [6.07, 6.45) is 1.05. The van der Waals surface area contributed by atoms with Gasteiger partial charge in [-0.25, -0.2) is 4.79 Å². The molecule has 0 aliphatic carbocycles. The van der Waals surface area contributed by atoms with Crippen molar-refractivity contribution in [3.8, 4) is 11.5 Å². The van der Waals surface area contributed by atoms with Gasteiger partial charge in [-0.2, -0.15) is 0 Å². The Balaban J connectivity index is 1.60. The van der Waals surface area contributed by atoms with Crippen LogP contribution in [0.25, 0.3) is 0 Å². The van der Waals surface area contributed by atoms with Gasteiger partial charge in [-0.3, -0.25) is 0 Å². The molecule has 3 rings (SSSR count). The van der Waals surface area contributed by atoms with E-state index in [1.54, 1.807) is 24.3 Å². The van der Waals surface area contributed by atoms with Gasteiger partial charge in [0.05, 0.1) is 32.5 Å². The van der Waals surface area contributed by atoms with E-state index < -0.39 is 0 Å². The molecule has 0 N–H and O–H groups in total. The second-order valence-corrected chi connectivity index (χ2v) is 5.51. The van der Waals surface area contributed by atoms with Gasteiger partial charge in [-0.05, 0) is 42.3 Å². The smallest absolute Gasteiger partial charge is 0.337 e. The van der Waals surface area contributed by atoms with E-state index in [2.05, 4.69) is 4.74 Å². The van der Waals surface area contributed by atoms with Crippen LogP contribution in [0, 0.1) is 0 Å². The molecule has 1 saturated heterocycles. The Morgan fingerprint density at radius 3 is 2.62 bits per heavy atom. The lowest BCUT2D eigenvalue weighted by molar-refractivity contribution is 0.0600. The molecule has 126 valence electrons. The first-order valence-corrected chi connectivity index (χ1v) is 7.90. The van der Waals surface area contributed by atoms with Crippen molar-refractivity contribution in [2.24, 2.45) is 0 Å². The summed E-state index contributed by atoms with van der Waals surface area (Å²) in [7, 11) is 1.36. The maximum absolute atomic E-state index is 11.5. The lowest BCUT2D eigenvalue weighted by atomic mass is 10.1. The summed E-state index contributed by atoms with van der Waals surface area (Å²) in [5, 5.41) is 0. The molecule has 0 saturated carbocycles. The Morgan fingerprint density at radius 1 is 1.17 bits per heavy atom. The van der Waals surface area contributed by atoms with Gasteiger partial charge in [0.1, 0.15) is 17.6 Å². The second kappa shape index (κ2) is 7.95. The fourth-order valence-electron chi connectivity index (χ4n) is 2.27. The molecule has 1 heterocycles. The standard InChI is InChI=1S/C19H20O5/c1-21-19(20)15-6-8-16(9-7-15)24-18-5-3-2-4-14(18)10-11-22-12-17-13-23-17/h2-9,17H,10-13H2,1H3/t17-/m0/s1. The number of ether oxygens (including phenoxy) is 4. The summed E-state index contributed by atoms with van der Waals surface area (Å²) in [5.41, 5.74) is 1.57. The molecule has 0 amide bonds. The molecule has 1 aliphatic heterocycles. The summed E-state index contributed by atoms with van der Waals surface area (Å²) >= 11 is 0. The number of methoxy groups -OCH3 is 1. The van der Waals surface area contributed by atoms with Crippen LogP contribution >= 0.6 is 0 Å². The highest BCUT2D eigenvalue weighted by Gasteiger charge is 2.22. The van der Waals surface area contributed by atoms with Gasteiger partial charge in [-0.15, -0.1) is 0 Å². The van der Waals surface area contributed by atoms with Crippen LogP contribution < -0.4 is 4.74 Å². The molecule has 0 radical (unpaired) electrons. The van der Waals surface area contributed by atoms with Gasteiger partial charge in [0, 0.05) is 0 Å². The lowest BCUT2D eigenvalue weighted by Crippen LogP contribution is -2.05. The summed E-state index contributed by atoms with van der Waals surface area (Å²) in [4.78, 5) is 11.5. The molecule has 0 bridgehead atoms. The largest absolute Gasteiger partial charge is 0.465 e. The van der Waals surface area contributed by atoms with Gasteiger partial charge in [0.25, 0.3) is 0 Å². The number of rotatable bonds is 8. The first-order chi connectivity index (χ1) is 11.8. The van der Waals surface area contributed by atoms with Crippen LogP contribution in [0.1, 0.15) is 15.9 Å². The van der Waals surface area contributed by atoms with Crippen LogP contribution in [0.2, 0.25) is 0 Å². The van der Waals surface area contributed by atoms with Crippen molar-refractivity contribution in [1.82, 2.24) is 0 Å². The van der Waals surface area contributed by atoms with Crippen LogP contribution in [0.3, 0.4) is 0 Å². The summed E-state index contributed by atoms with van der Waals surface area (Å²) < 4.78 is 21.3. The average molecular weight is 328 g/mol. The first kappa shape index (κ1) is 16.5. The van der Waals surface area contributed by atoms with E-state index in [9.17, 15) is 4.79 Å². The number of para-hydroxylation sites is 1. The van der Waals surface area contributed by atoms with E-state index in [4.69, 9.17) is 14.2 Å². The Bertz CT molecular complexity index is 676. The van der Waals surface area contributed by atoms with Gasteiger partial charge in [0.15, 0.2) is 0 Å². The van der Waals surface area contributed by atoms with Crippen LogP contribution in [0.15, 0.2) is 48.5 Å². The Morgan fingerprint density at radius 2 is 1.92 bits per heavy atom. The van der Waals surface area contributed by atoms with E-state index in [-0.39, 0.29) is 12.1 Å². The number of carbonyl (C=O) groups excluding carboxylic acids is 1. The highest BCUT2D eigenvalue weighted by Crippen LogP contribution is 2.26. The van der Waals surface area contributed by atoms with Gasteiger partial charge < -0.3 is 18.9 Å². The summed E-state index contributed by atoms with van der Waals surface area (Å²) in [6.45, 7) is 2.08. The van der Waals surface area contributed by atoms with Crippen LogP contribution in [0.5, 0.6) is 11.5 Å². The number of hydrogen-bond donors (Lipinski definition) is 0. The minimum Gasteiger partial charge on any atom is -0.465 e. The molecule has 0 aromatic heterocycles. The fraction of sp³-hybridized carbons (Fsp3) is 0.316. The number of carbonyl (C=O) groups is 1. The topological polar surface area (TPSA) is 57.3 Å². The molecule has 5 heteroatoms. The molecule has 1 aliphatic rings. The zero-order valence-corrected chi connectivity index (χ0v) is 13.6. The number of esters is 1. The van der Waals surface area contributed by atoms with Crippen molar-refractivity contribution in [2.75, 3.05) is 26.9 Å². The lowest BCUT2D eigenvalue weighted by Gasteiger charge is -2.11. The minimum absolute atomic E-state index is 0.282. The third kappa shape index (κ3) is 4.57. The predicted octanol–water partition coefficient (Wildman–Crippen LogP) is 3.22. The van der Waals surface area contributed by atoms with Crippen molar-refractivity contribution >= 4 is 5.97 Å². The van der Waals surface area contributed by atoms with E-state index in [1.807, 2.05) is 24.3 Å². The van der Waals surface area contributed by atoms with E-state index in [0.29, 0.717) is 24.5 Å². The third-order valence-electron chi connectivity index (χ3n) is 3.70. The first-order valence-electron chi connectivity index (χ1n) is 7.90. The molecule has 1 fully saturated rings. The van der Waals surface area contributed by atoms with Crippen LogP contribution in [0.4, 0.5) is 0 Å². The Kier molecular flexibility index (Phi) is 5.46. The van der Waals surface area contributed by atoms with Crippen molar-refractivity contribution in [2.45, 2.75) is 12.5 Å². The molecule has 5 nitrogen and oxygen atoms in total. The second-order valence-electron chi connectivity index (χ2n) is 5.51. The highest BCUT2D eigenvalue weighted by molar-refractivity contribution is 5.89. The predicted molar refractivity (Wildman–Crippen MR) is 88.6 cm³/mol. The van der Waals surface area contributed by atoms with Gasteiger partial charge in [-0.1, -0.05) is 18.2 Å². The zero-order valence-electron chi connectivity index (χ0n) is 13.6. The zero-order chi connectivity index (χ0) is 16.8. The van der Waals surface area contributed by atoms with Crippen molar-refractivity contribution < 1.29 is 23.7 Å². The SMILES string of the molecule is COC(=O)c1ccc(Oc2ccccc2CCOC[C@H]2CO2)cc1. The molecule has 0 unspecified atom stereocenters. The van der Waals surface area contributed by atoms with Gasteiger partial charge >= 0.3 is 5.97 Å². The minimum atomic E-state index is -0.362.